The number of hydrogen-bond donors (Lipinski definition) is 3. The summed E-state index contributed by atoms with van der Waals surface area (Å²) in [5.74, 6) is 0.122. The van der Waals surface area contributed by atoms with Crippen molar-refractivity contribution < 1.29 is 22.7 Å². The van der Waals surface area contributed by atoms with Crippen LogP contribution in [0.4, 0.5) is 0 Å². The van der Waals surface area contributed by atoms with E-state index in [0.29, 0.717) is 24.3 Å². The zero-order valence-electron chi connectivity index (χ0n) is 13.3. The first kappa shape index (κ1) is 18.2. The first-order valence-electron chi connectivity index (χ1n) is 7.46. The minimum atomic E-state index is -3.76. The molecular weight excluding hydrogens is 332 g/mol. The smallest absolute Gasteiger partial charge is 0.251 e. The summed E-state index contributed by atoms with van der Waals surface area (Å²) in [6, 6.07) is 7.71. The number of benzene rings is 1. The van der Waals surface area contributed by atoms with E-state index in [1.165, 1.54) is 18.4 Å². The molecule has 0 spiro atoms. The fraction of sp³-hybridized carbons (Fsp3) is 0.312. The van der Waals surface area contributed by atoms with Crippen LogP contribution < -0.4 is 10.0 Å². The monoisotopic (exact) mass is 352 g/mol. The van der Waals surface area contributed by atoms with Gasteiger partial charge >= 0.3 is 0 Å². The highest BCUT2D eigenvalue weighted by Crippen LogP contribution is 2.16. The summed E-state index contributed by atoms with van der Waals surface area (Å²) in [5, 5.41) is 11.4. The van der Waals surface area contributed by atoms with Crippen molar-refractivity contribution in [3.05, 3.63) is 53.5 Å². The molecule has 8 heteroatoms. The second-order valence-electron chi connectivity index (χ2n) is 5.21. The van der Waals surface area contributed by atoms with Crippen LogP contribution in [0, 0.1) is 6.92 Å². The molecule has 0 aliphatic heterocycles. The number of hydrogen-bond acceptors (Lipinski definition) is 5. The van der Waals surface area contributed by atoms with Gasteiger partial charge in [0.25, 0.3) is 5.91 Å². The van der Waals surface area contributed by atoms with E-state index in [4.69, 9.17) is 9.52 Å². The van der Waals surface area contributed by atoms with E-state index in [1.54, 1.807) is 25.1 Å². The molecule has 0 unspecified atom stereocenters. The van der Waals surface area contributed by atoms with E-state index < -0.39 is 10.0 Å². The van der Waals surface area contributed by atoms with Crippen LogP contribution >= 0.6 is 0 Å². The Labute approximate surface area is 140 Å². The van der Waals surface area contributed by atoms with Crippen molar-refractivity contribution in [2.24, 2.45) is 0 Å². The molecule has 1 heterocycles. The van der Waals surface area contributed by atoms with Crippen molar-refractivity contribution in [1.29, 1.82) is 0 Å². The molecule has 0 bridgehead atoms. The molecule has 7 nitrogen and oxygen atoms in total. The normalized spacial score (nSPS) is 11.4. The maximum absolute atomic E-state index is 12.4. The van der Waals surface area contributed by atoms with Gasteiger partial charge in [0, 0.05) is 18.7 Å². The lowest BCUT2D eigenvalue weighted by atomic mass is 10.1. The van der Waals surface area contributed by atoms with Gasteiger partial charge in [-0.1, -0.05) is 6.07 Å². The van der Waals surface area contributed by atoms with Crippen molar-refractivity contribution in [1.82, 2.24) is 10.0 Å². The third-order valence-corrected chi connectivity index (χ3v) is 4.80. The SMILES string of the molecule is Cc1ccc(S(=O)(=O)NCc2ccco2)cc1C(=O)NCCCO. The Morgan fingerprint density at radius 2 is 2.08 bits per heavy atom. The van der Waals surface area contributed by atoms with E-state index in [1.807, 2.05) is 0 Å². The zero-order valence-corrected chi connectivity index (χ0v) is 14.1. The van der Waals surface area contributed by atoms with Crippen LogP contribution in [0.5, 0.6) is 0 Å². The first-order valence-corrected chi connectivity index (χ1v) is 8.94. The van der Waals surface area contributed by atoms with E-state index in [0.717, 1.165) is 0 Å². The number of furan rings is 1. The Morgan fingerprint density at radius 3 is 2.75 bits per heavy atom. The fourth-order valence-electron chi connectivity index (χ4n) is 2.05. The number of sulfonamides is 1. The molecule has 1 aromatic carbocycles. The molecule has 2 aromatic rings. The molecule has 0 radical (unpaired) electrons. The Balaban J connectivity index is 2.15. The quantitative estimate of drug-likeness (QED) is 0.618. The molecule has 0 saturated heterocycles. The van der Waals surface area contributed by atoms with Gasteiger partial charge in [-0.25, -0.2) is 13.1 Å². The molecule has 3 N–H and O–H groups in total. The highest BCUT2D eigenvalue weighted by molar-refractivity contribution is 7.89. The van der Waals surface area contributed by atoms with Gasteiger partial charge in [0.2, 0.25) is 10.0 Å². The number of carbonyl (C=O) groups is 1. The molecule has 0 atom stereocenters. The third kappa shape index (κ3) is 4.67. The summed E-state index contributed by atoms with van der Waals surface area (Å²) in [7, 11) is -3.76. The maximum Gasteiger partial charge on any atom is 0.251 e. The van der Waals surface area contributed by atoms with Crippen LogP contribution in [0.3, 0.4) is 0 Å². The van der Waals surface area contributed by atoms with Gasteiger partial charge in [-0.05, 0) is 43.2 Å². The van der Waals surface area contributed by atoms with Crippen LogP contribution in [0.25, 0.3) is 0 Å². The van der Waals surface area contributed by atoms with Gasteiger partial charge < -0.3 is 14.8 Å². The van der Waals surface area contributed by atoms with Crippen LogP contribution in [0.15, 0.2) is 45.9 Å². The maximum atomic E-state index is 12.4. The predicted molar refractivity (Wildman–Crippen MR) is 87.9 cm³/mol. The lowest BCUT2D eigenvalue weighted by Gasteiger charge is -2.10. The molecule has 0 saturated carbocycles. The Hall–Kier alpha value is -2.16. The Bertz CT molecular complexity index is 785. The lowest BCUT2D eigenvalue weighted by molar-refractivity contribution is 0.0950. The van der Waals surface area contributed by atoms with Crippen molar-refractivity contribution in [3.8, 4) is 0 Å². The van der Waals surface area contributed by atoms with Gasteiger partial charge in [0.05, 0.1) is 17.7 Å². The summed E-state index contributed by atoms with van der Waals surface area (Å²) in [6.07, 6.45) is 1.90. The zero-order chi connectivity index (χ0) is 17.6. The molecular formula is C16H20N2O5S. The number of aliphatic hydroxyl groups excluding tert-OH is 1. The molecule has 0 aliphatic rings. The van der Waals surface area contributed by atoms with Crippen LogP contribution in [0.2, 0.25) is 0 Å². The minimum absolute atomic E-state index is 0.00645. The summed E-state index contributed by atoms with van der Waals surface area (Å²) in [6.45, 7) is 2.06. The van der Waals surface area contributed by atoms with E-state index in [9.17, 15) is 13.2 Å². The van der Waals surface area contributed by atoms with Crippen molar-refractivity contribution in [3.63, 3.8) is 0 Å². The van der Waals surface area contributed by atoms with Crippen LogP contribution in [0.1, 0.15) is 28.1 Å². The predicted octanol–water partition coefficient (Wildman–Crippen LogP) is 1.18. The summed E-state index contributed by atoms with van der Waals surface area (Å²) < 4.78 is 32.2. The molecule has 2 rings (SSSR count). The topological polar surface area (TPSA) is 109 Å². The average Bonchev–Trinajstić information content (AvgIpc) is 3.07. The first-order chi connectivity index (χ1) is 11.4. The molecule has 1 aromatic heterocycles. The van der Waals surface area contributed by atoms with Gasteiger partial charge in [-0.2, -0.15) is 0 Å². The summed E-state index contributed by atoms with van der Waals surface area (Å²) >= 11 is 0. The highest BCUT2D eigenvalue weighted by Gasteiger charge is 2.18. The Morgan fingerprint density at radius 1 is 1.29 bits per heavy atom. The number of nitrogens with one attached hydrogen (secondary N) is 2. The second kappa shape index (κ2) is 8.09. The average molecular weight is 352 g/mol. The fourth-order valence-corrected chi connectivity index (χ4v) is 3.07. The number of rotatable bonds is 8. The third-order valence-electron chi connectivity index (χ3n) is 3.40. The van der Waals surface area contributed by atoms with E-state index in [-0.39, 0.29) is 29.5 Å². The Kier molecular flexibility index (Phi) is 6.13. The number of aryl methyl sites for hydroxylation is 1. The van der Waals surface area contributed by atoms with Gasteiger partial charge in [0.15, 0.2) is 0 Å². The van der Waals surface area contributed by atoms with Crippen molar-refractivity contribution in [2.75, 3.05) is 13.2 Å². The van der Waals surface area contributed by atoms with Crippen LogP contribution in [-0.4, -0.2) is 32.6 Å². The van der Waals surface area contributed by atoms with Crippen LogP contribution in [-0.2, 0) is 16.6 Å². The summed E-state index contributed by atoms with van der Waals surface area (Å²) in [4.78, 5) is 12.1. The van der Waals surface area contributed by atoms with Gasteiger partial charge in [-0.15, -0.1) is 0 Å². The minimum Gasteiger partial charge on any atom is -0.468 e. The highest BCUT2D eigenvalue weighted by atomic mass is 32.2. The van der Waals surface area contributed by atoms with E-state index >= 15 is 0 Å². The molecule has 0 aliphatic carbocycles. The number of carbonyl (C=O) groups excluding carboxylic acids is 1. The van der Waals surface area contributed by atoms with E-state index in [2.05, 4.69) is 10.0 Å². The van der Waals surface area contributed by atoms with Crippen molar-refractivity contribution in [2.45, 2.75) is 24.8 Å². The summed E-state index contributed by atoms with van der Waals surface area (Å²) in [5.41, 5.74) is 0.954. The van der Waals surface area contributed by atoms with Gasteiger partial charge in [0.1, 0.15) is 5.76 Å². The number of aliphatic hydroxyl groups is 1. The van der Waals surface area contributed by atoms with Gasteiger partial charge in [-0.3, -0.25) is 4.79 Å². The lowest BCUT2D eigenvalue weighted by Crippen LogP contribution is -2.27. The van der Waals surface area contributed by atoms with Crippen molar-refractivity contribution >= 4 is 15.9 Å². The number of amides is 1. The molecule has 130 valence electrons. The molecule has 24 heavy (non-hydrogen) atoms. The molecule has 1 amide bonds. The largest absolute Gasteiger partial charge is 0.468 e. The molecule has 0 fully saturated rings. The second-order valence-corrected chi connectivity index (χ2v) is 6.98. The standard InChI is InChI=1S/C16H20N2O5S/c1-12-5-6-14(10-15(12)16(20)17-7-3-8-19)24(21,22)18-11-13-4-2-9-23-13/h2,4-6,9-10,18-19H,3,7-8,11H2,1H3,(H,17,20).